The molecule has 224 valence electrons. The topological polar surface area (TPSA) is 163 Å². The van der Waals surface area contributed by atoms with Crippen LogP contribution in [0.5, 0.6) is 5.75 Å². The first kappa shape index (κ1) is 33.2. The number of benzene rings is 2. The number of aromatic hydroxyl groups is 1. The highest BCUT2D eigenvalue weighted by Gasteiger charge is 2.27. The molecule has 0 saturated carbocycles. The Hall–Kier alpha value is -3.96. The molecule has 10 nitrogen and oxygen atoms in total. The molecule has 0 radical (unpaired) electrons. The molecule has 2 aromatic carbocycles. The number of rotatable bonds is 13. The molecule has 0 bridgehead atoms. The van der Waals surface area contributed by atoms with Crippen molar-refractivity contribution in [1.82, 2.24) is 20.9 Å². The van der Waals surface area contributed by atoms with Crippen molar-refractivity contribution in [3.63, 3.8) is 0 Å². The van der Waals surface area contributed by atoms with Crippen LogP contribution < -0.4 is 27.4 Å². The number of hydrogen-bond acceptors (Lipinski definition) is 7. The van der Waals surface area contributed by atoms with Crippen molar-refractivity contribution in [1.29, 1.82) is 0 Å². The van der Waals surface area contributed by atoms with Crippen LogP contribution in [0.1, 0.15) is 75.0 Å². The van der Waals surface area contributed by atoms with Crippen LogP contribution in [-0.4, -0.2) is 52.4 Å². The average Bonchev–Trinajstić information content (AvgIpc) is 2.91. The number of phenolic OH excluding ortho intramolecular Hbond substituents is 1. The number of nitrogen functional groups attached to an aromatic ring is 1. The Morgan fingerprint density at radius 3 is 2.29 bits per heavy atom. The molecule has 11 heteroatoms. The summed E-state index contributed by atoms with van der Waals surface area (Å²) in [7, 11) is 0. The summed E-state index contributed by atoms with van der Waals surface area (Å²) in [5.41, 5.74) is 13.5. The molecule has 1 unspecified atom stereocenters. The van der Waals surface area contributed by atoms with Gasteiger partial charge in [0.25, 0.3) is 5.91 Å². The molecule has 0 heterocycles. The van der Waals surface area contributed by atoms with Crippen LogP contribution in [0, 0.1) is 5.82 Å². The number of nitrogens with one attached hydrogen (secondary N) is 3. The maximum Gasteiger partial charge on any atom is 0.251 e. The second-order valence-corrected chi connectivity index (χ2v) is 10.3. The summed E-state index contributed by atoms with van der Waals surface area (Å²) < 4.78 is 14.5. The van der Waals surface area contributed by atoms with Crippen LogP contribution in [0.4, 0.5) is 10.1 Å². The first-order chi connectivity index (χ1) is 19.3. The van der Waals surface area contributed by atoms with E-state index in [2.05, 4.69) is 16.0 Å². The Balaban J connectivity index is 2.40. The molecule has 0 aliphatic carbocycles. The molecular formula is C30H43FN6O4. The van der Waals surface area contributed by atoms with Crippen molar-refractivity contribution in [3.8, 4) is 5.75 Å². The predicted octanol–water partition coefficient (Wildman–Crippen LogP) is 2.99. The van der Waals surface area contributed by atoms with E-state index in [0.717, 1.165) is 12.5 Å². The third kappa shape index (κ3) is 9.29. The van der Waals surface area contributed by atoms with Crippen LogP contribution in [0.15, 0.2) is 36.4 Å². The lowest BCUT2D eigenvalue weighted by Gasteiger charge is -2.29. The maximum absolute atomic E-state index is 14.5. The zero-order chi connectivity index (χ0) is 30.9. The number of halogens is 1. The van der Waals surface area contributed by atoms with Gasteiger partial charge in [0.05, 0.1) is 6.04 Å². The predicted molar refractivity (Wildman–Crippen MR) is 159 cm³/mol. The highest BCUT2D eigenvalue weighted by molar-refractivity contribution is 5.98. The largest absolute Gasteiger partial charge is 0.508 e. The van der Waals surface area contributed by atoms with Gasteiger partial charge < -0.3 is 37.4 Å². The van der Waals surface area contributed by atoms with Gasteiger partial charge in [-0.1, -0.05) is 26.8 Å². The van der Waals surface area contributed by atoms with Crippen LogP contribution >= 0.6 is 0 Å². The standard InChI is InChI=1S/C30H43FN6O4/c1-7-18(5)36-29(40)21-9-20(10-24(33)11-21)26(8-2)37(30(41)19(6)35-17(3)4)16-28(39)34-15-23-13-27(38)22(14-32)12-25(23)31/h8-13,17-19,35,38H,7,14-16,32-33H2,1-6H3,(H,34,39)(H,36,40)/b26-8-/t18-,19?/m0/s1. The van der Waals surface area contributed by atoms with Crippen molar-refractivity contribution >= 4 is 29.1 Å². The molecule has 0 aromatic heterocycles. The molecule has 2 atom stereocenters. The molecule has 2 aromatic rings. The first-order valence-corrected chi connectivity index (χ1v) is 13.7. The highest BCUT2D eigenvalue weighted by Crippen LogP contribution is 2.25. The Morgan fingerprint density at radius 2 is 1.71 bits per heavy atom. The molecule has 41 heavy (non-hydrogen) atoms. The lowest BCUT2D eigenvalue weighted by atomic mass is 10.0. The van der Waals surface area contributed by atoms with Gasteiger partial charge in [0.15, 0.2) is 0 Å². The second kappa shape index (κ2) is 15.2. The summed E-state index contributed by atoms with van der Waals surface area (Å²) in [6, 6.07) is 6.45. The SMILES string of the molecule is C/C=C(/c1cc(N)cc(C(=O)N[C@@H](C)CC)c1)N(CC(=O)NCc1cc(O)c(CN)cc1F)C(=O)C(C)NC(C)C. The van der Waals surface area contributed by atoms with Crippen LogP contribution in [-0.2, 0) is 22.7 Å². The number of nitrogens with zero attached hydrogens (tertiary/aromatic N) is 1. The smallest absolute Gasteiger partial charge is 0.251 e. The summed E-state index contributed by atoms with van der Waals surface area (Å²) >= 11 is 0. The van der Waals surface area contributed by atoms with Crippen molar-refractivity contribution < 1.29 is 23.9 Å². The van der Waals surface area contributed by atoms with E-state index in [1.807, 2.05) is 27.7 Å². The van der Waals surface area contributed by atoms with Crippen molar-refractivity contribution in [3.05, 3.63) is 64.5 Å². The van der Waals surface area contributed by atoms with Gasteiger partial charge in [-0.15, -0.1) is 0 Å². The van der Waals surface area contributed by atoms with Gasteiger partial charge in [-0.25, -0.2) is 4.39 Å². The molecule has 0 aliphatic rings. The molecule has 8 N–H and O–H groups in total. The molecule has 0 aliphatic heterocycles. The van der Waals surface area contributed by atoms with E-state index in [1.165, 1.54) is 11.0 Å². The normalized spacial score (nSPS) is 13.0. The Morgan fingerprint density at radius 1 is 1.05 bits per heavy atom. The Kier molecular flexibility index (Phi) is 12.3. The summed E-state index contributed by atoms with van der Waals surface area (Å²) in [6.07, 6.45) is 2.42. The van der Waals surface area contributed by atoms with Gasteiger partial charge in [-0.05, 0) is 57.5 Å². The van der Waals surface area contributed by atoms with Gasteiger partial charge in [0.2, 0.25) is 11.8 Å². The molecule has 0 saturated heterocycles. The molecular weight excluding hydrogens is 527 g/mol. The third-order valence-corrected chi connectivity index (χ3v) is 6.53. The van der Waals surface area contributed by atoms with Crippen LogP contribution in [0.2, 0.25) is 0 Å². The fourth-order valence-electron chi connectivity index (χ4n) is 4.24. The molecule has 3 amide bonds. The van der Waals surface area contributed by atoms with E-state index in [4.69, 9.17) is 11.5 Å². The summed E-state index contributed by atoms with van der Waals surface area (Å²) in [6.45, 7) is 10.4. The number of phenols is 1. The third-order valence-electron chi connectivity index (χ3n) is 6.53. The fraction of sp³-hybridized carbons (Fsp3) is 0.433. The lowest BCUT2D eigenvalue weighted by molar-refractivity contribution is -0.134. The number of amides is 3. The van der Waals surface area contributed by atoms with E-state index in [0.29, 0.717) is 22.5 Å². The molecule has 0 spiro atoms. The van der Waals surface area contributed by atoms with Gasteiger partial charge in [0, 0.05) is 58.8 Å². The van der Waals surface area contributed by atoms with Gasteiger partial charge in [-0.3, -0.25) is 14.4 Å². The Bertz CT molecular complexity index is 1280. The van der Waals surface area contributed by atoms with E-state index >= 15 is 0 Å². The summed E-state index contributed by atoms with van der Waals surface area (Å²) in [4.78, 5) is 40.9. The lowest BCUT2D eigenvalue weighted by Crippen LogP contribution is -2.49. The minimum atomic E-state index is -0.648. The number of carbonyl (C=O) groups excluding carboxylic acids is 3. The molecule has 2 rings (SSSR count). The highest BCUT2D eigenvalue weighted by atomic mass is 19.1. The zero-order valence-corrected chi connectivity index (χ0v) is 24.7. The maximum atomic E-state index is 14.5. The minimum absolute atomic E-state index is 0.00551. The average molecular weight is 571 g/mol. The minimum Gasteiger partial charge on any atom is -0.508 e. The molecule has 0 fully saturated rings. The zero-order valence-electron chi connectivity index (χ0n) is 24.7. The Labute approximate surface area is 241 Å². The van der Waals surface area contributed by atoms with Gasteiger partial charge in [0.1, 0.15) is 18.1 Å². The van der Waals surface area contributed by atoms with E-state index in [-0.39, 0.29) is 60.4 Å². The second-order valence-electron chi connectivity index (χ2n) is 10.3. The number of anilines is 1. The quantitative estimate of drug-likeness (QED) is 0.202. The van der Waals surface area contributed by atoms with E-state index in [9.17, 15) is 23.9 Å². The first-order valence-electron chi connectivity index (χ1n) is 13.7. The number of allylic oxidation sites excluding steroid dienone is 1. The van der Waals surface area contributed by atoms with Gasteiger partial charge >= 0.3 is 0 Å². The summed E-state index contributed by atoms with van der Waals surface area (Å²) in [5, 5.41) is 18.7. The van der Waals surface area contributed by atoms with Gasteiger partial charge in [-0.2, -0.15) is 0 Å². The van der Waals surface area contributed by atoms with Crippen LogP contribution in [0.3, 0.4) is 0 Å². The van der Waals surface area contributed by atoms with Crippen LogP contribution in [0.25, 0.3) is 5.70 Å². The number of hydrogen-bond donors (Lipinski definition) is 6. The van der Waals surface area contributed by atoms with Crippen molar-refractivity contribution in [2.45, 2.75) is 79.2 Å². The van der Waals surface area contributed by atoms with E-state index in [1.54, 1.807) is 38.1 Å². The monoisotopic (exact) mass is 570 g/mol. The summed E-state index contributed by atoms with van der Waals surface area (Å²) in [5.74, 6) is -2.04. The fourth-order valence-corrected chi connectivity index (χ4v) is 4.24. The number of nitrogens with two attached hydrogens (primary N) is 2. The number of carbonyl (C=O) groups is 3. The van der Waals surface area contributed by atoms with E-state index < -0.39 is 17.8 Å². The van der Waals surface area contributed by atoms with Crippen molar-refractivity contribution in [2.24, 2.45) is 5.73 Å². The van der Waals surface area contributed by atoms with Crippen molar-refractivity contribution in [2.75, 3.05) is 12.3 Å².